The molecule has 2 amide bonds. The molecule has 0 unspecified atom stereocenters. The lowest BCUT2D eigenvalue weighted by molar-refractivity contribution is -0.143. The highest BCUT2D eigenvalue weighted by atomic mass is 79.9. The quantitative estimate of drug-likeness (QED) is 0.281. The molecule has 3 rings (SSSR count). The third-order valence-corrected chi connectivity index (χ3v) is 6.60. The first-order valence-electron chi connectivity index (χ1n) is 11.5. The summed E-state index contributed by atoms with van der Waals surface area (Å²) in [6.07, 6.45) is 0.368. The van der Waals surface area contributed by atoms with E-state index >= 15 is 0 Å². The van der Waals surface area contributed by atoms with Crippen molar-refractivity contribution in [2.24, 2.45) is 0 Å². The van der Waals surface area contributed by atoms with Crippen molar-refractivity contribution < 1.29 is 14.3 Å². The Morgan fingerprint density at radius 3 is 2.31 bits per heavy atom. The molecular formula is C28H29Br2ClN2O3. The van der Waals surface area contributed by atoms with E-state index in [0.29, 0.717) is 21.7 Å². The molecule has 0 saturated carbocycles. The summed E-state index contributed by atoms with van der Waals surface area (Å²) in [7, 11) is 0. The molecule has 3 aromatic carbocycles. The summed E-state index contributed by atoms with van der Waals surface area (Å²) in [6.45, 7) is 5.78. The van der Waals surface area contributed by atoms with Gasteiger partial charge < -0.3 is 15.0 Å². The SMILES string of the molecule is CC(C)(C)NC(=O)[C@@H](Cc1ccccc1)N(Cc1cccc(Br)c1)C(=O)COc1ccc(Cl)cc1Br. The molecule has 0 saturated heterocycles. The van der Waals surface area contributed by atoms with Crippen molar-refractivity contribution in [3.63, 3.8) is 0 Å². The molecule has 0 radical (unpaired) electrons. The van der Waals surface area contributed by atoms with E-state index in [2.05, 4.69) is 37.2 Å². The Morgan fingerprint density at radius 2 is 1.67 bits per heavy atom. The van der Waals surface area contributed by atoms with Crippen molar-refractivity contribution in [2.75, 3.05) is 6.61 Å². The standard InChI is InChI=1S/C28H29Br2ClN2O3/c1-28(2,3)32-27(35)24(15-19-8-5-4-6-9-19)33(17-20-10-7-11-21(29)14-20)26(34)18-36-25-13-12-22(31)16-23(25)30/h4-14,16,24H,15,17-18H2,1-3H3,(H,32,35)/t24-/m1/s1. The molecule has 8 heteroatoms. The maximum absolute atomic E-state index is 13.7. The van der Waals surface area contributed by atoms with Gasteiger partial charge in [0.2, 0.25) is 5.91 Å². The van der Waals surface area contributed by atoms with Crippen LogP contribution >= 0.6 is 43.5 Å². The van der Waals surface area contributed by atoms with Gasteiger partial charge in [-0.25, -0.2) is 0 Å². The van der Waals surface area contributed by atoms with Crippen LogP contribution in [-0.4, -0.2) is 34.9 Å². The Kier molecular flexibility index (Phi) is 10.00. The molecule has 5 nitrogen and oxygen atoms in total. The second-order valence-corrected chi connectivity index (χ2v) is 11.7. The van der Waals surface area contributed by atoms with Gasteiger partial charge in [-0.15, -0.1) is 0 Å². The van der Waals surface area contributed by atoms with Crippen LogP contribution in [0.25, 0.3) is 0 Å². The van der Waals surface area contributed by atoms with E-state index in [1.807, 2.05) is 75.4 Å². The van der Waals surface area contributed by atoms with Crippen LogP contribution in [0.15, 0.2) is 81.7 Å². The minimum Gasteiger partial charge on any atom is -0.483 e. The summed E-state index contributed by atoms with van der Waals surface area (Å²) in [5.74, 6) is -0.0295. The van der Waals surface area contributed by atoms with Crippen molar-refractivity contribution in [1.82, 2.24) is 10.2 Å². The fourth-order valence-electron chi connectivity index (χ4n) is 3.65. The van der Waals surface area contributed by atoms with Gasteiger partial charge in [0.25, 0.3) is 5.91 Å². The van der Waals surface area contributed by atoms with Gasteiger partial charge >= 0.3 is 0 Å². The zero-order chi connectivity index (χ0) is 26.3. The number of halogens is 3. The summed E-state index contributed by atoms with van der Waals surface area (Å²) in [5.41, 5.74) is 1.40. The van der Waals surface area contributed by atoms with Crippen molar-refractivity contribution in [3.05, 3.63) is 97.9 Å². The van der Waals surface area contributed by atoms with E-state index in [0.717, 1.165) is 15.6 Å². The van der Waals surface area contributed by atoms with Gasteiger partial charge in [-0.2, -0.15) is 0 Å². The van der Waals surface area contributed by atoms with E-state index in [1.165, 1.54) is 0 Å². The lowest BCUT2D eigenvalue weighted by atomic mass is 10.0. The van der Waals surface area contributed by atoms with Crippen LogP contribution in [0.5, 0.6) is 5.75 Å². The number of carbonyl (C=O) groups is 2. The first-order valence-corrected chi connectivity index (χ1v) is 13.5. The van der Waals surface area contributed by atoms with Gasteiger partial charge in [0.05, 0.1) is 4.47 Å². The van der Waals surface area contributed by atoms with Crippen molar-refractivity contribution in [1.29, 1.82) is 0 Å². The summed E-state index contributed by atoms with van der Waals surface area (Å²) >= 11 is 13.0. The van der Waals surface area contributed by atoms with Crippen LogP contribution in [0, 0.1) is 0 Å². The van der Waals surface area contributed by atoms with Gasteiger partial charge in [-0.3, -0.25) is 9.59 Å². The smallest absolute Gasteiger partial charge is 0.261 e. The Morgan fingerprint density at radius 1 is 0.972 bits per heavy atom. The van der Waals surface area contributed by atoms with Crippen LogP contribution in [0.3, 0.4) is 0 Å². The molecule has 36 heavy (non-hydrogen) atoms. The number of nitrogens with one attached hydrogen (secondary N) is 1. The maximum atomic E-state index is 13.7. The Bertz CT molecular complexity index is 1200. The molecule has 0 spiro atoms. The second-order valence-electron chi connectivity index (χ2n) is 9.46. The van der Waals surface area contributed by atoms with E-state index < -0.39 is 11.6 Å². The van der Waals surface area contributed by atoms with Gasteiger partial charge in [0.1, 0.15) is 11.8 Å². The molecule has 0 bridgehead atoms. The summed E-state index contributed by atoms with van der Waals surface area (Å²) in [6, 6.07) is 21.8. The van der Waals surface area contributed by atoms with Crippen LogP contribution in [-0.2, 0) is 22.6 Å². The summed E-state index contributed by atoms with van der Waals surface area (Å²) in [5, 5.41) is 3.61. The normalized spacial score (nSPS) is 12.1. The fourth-order valence-corrected chi connectivity index (χ4v) is 4.90. The molecule has 0 aliphatic carbocycles. The average molecular weight is 637 g/mol. The average Bonchev–Trinajstić information content (AvgIpc) is 2.80. The van der Waals surface area contributed by atoms with E-state index in [1.54, 1.807) is 23.1 Å². The van der Waals surface area contributed by atoms with E-state index in [4.69, 9.17) is 16.3 Å². The van der Waals surface area contributed by atoms with Crippen LogP contribution in [0.4, 0.5) is 0 Å². The molecule has 0 heterocycles. The molecule has 0 aliphatic heterocycles. The summed E-state index contributed by atoms with van der Waals surface area (Å²) < 4.78 is 7.38. The van der Waals surface area contributed by atoms with Gasteiger partial charge in [-0.05, 0) is 78.2 Å². The zero-order valence-electron chi connectivity index (χ0n) is 20.4. The monoisotopic (exact) mass is 634 g/mol. The molecule has 1 atom stereocenters. The highest BCUT2D eigenvalue weighted by Crippen LogP contribution is 2.28. The van der Waals surface area contributed by atoms with Crippen molar-refractivity contribution in [2.45, 2.75) is 45.3 Å². The fraction of sp³-hybridized carbons (Fsp3) is 0.286. The predicted octanol–water partition coefficient (Wildman–Crippen LogP) is 6.80. The van der Waals surface area contributed by atoms with Gasteiger partial charge in [-0.1, -0.05) is 70.0 Å². The Hall–Kier alpha value is -2.35. The Labute approximate surface area is 234 Å². The molecular weight excluding hydrogens is 608 g/mol. The topological polar surface area (TPSA) is 58.6 Å². The second kappa shape index (κ2) is 12.7. The molecule has 3 aromatic rings. The summed E-state index contributed by atoms with van der Waals surface area (Å²) in [4.78, 5) is 28.8. The van der Waals surface area contributed by atoms with Crippen LogP contribution < -0.4 is 10.1 Å². The third kappa shape index (κ3) is 8.64. The number of carbonyl (C=O) groups excluding carboxylic acids is 2. The van der Waals surface area contributed by atoms with Crippen LogP contribution in [0.1, 0.15) is 31.9 Å². The lowest BCUT2D eigenvalue weighted by Crippen LogP contribution is -2.55. The molecule has 0 aliphatic rings. The highest BCUT2D eigenvalue weighted by Gasteiger charge is 2.32. The number of hydrogen-bond acceptors (Lipinski definition) is 3. The number of ether oxygens (including phenoxy) is 1. The van der Waals surface area contributed by atoms with Crippen molar-refractivity contribution in [3.8, 4) is 5.75 Å². The predicted molar refractivity (Wildman–Crippen MR) is 151 cm³/mol. The van der Waals surface area contributed by atoms with Gasteiger partial charge in [0, 0.05) is 28.0 Å². The number of amides is 2. The molecule has 0 aromatic heterocycles. The minimum absolute atomic E-state index is 0.220. The maximum Gasteiger partial charge on any atom is 0.261 e. The Balaban J connectivity index is 1.94. The van der Waals surface area contributed by atoms with Crippen LogP contribution in [0.2, 0.25) is 5.02 Å². The first-order chi connectivity index (χ1) is 17.0. The van der Waals surface area contributed by atoms with E-state index in [-0.39, 0.29) is 25.0 Å². The number of rotatable bonds is 9. The first kappa shape index (κ1) is 28.2. The number of hydrogen-bond donors (Lipinski definition) is 1. The zero-order valence-corrected chi connectivity index (χ0v) is 24.4. The van der Waals surface area contributed by atoms with E-state index in [9.17, 15) is 9.59 Å². The molecule has 0 fully saturated rings. The largest absolute Gasteiger partial charge is 0.483 e. The number of benzene rings is 3. The van der Waals surface area contributed by atoms with Crippen molar-refractivity contribution >= 4 is 55.3 Å². The molecule has 190 valence electrons. The lowest BCUT2D eigenvalue weighted by Gasteiger charge is -2.33. The number of nitrogens with zero attached hydrogens (tertiary/aromatic N) is 1. The molecule has 1 N–H and O–H groups in total. The highest BCUT2D eigenvalue weighted by molar-refractivity contribution is 9.10. The van der Waals surface area contributed by atoms with Gasteiger partial charge in [0.15, 0.2) is 6.61 Å². The minimum atomic E-state index is -0.740. The third-order valence-electron chi connectivity index (χ3n) is 5.26.